The molecule has 0 saturated carbocycles. The number of hydrogen-bond acceptors (Lipinski definition) is 4. The third-order valence-electron chi connectivity index (χ3n) is 5.94. The van der Waals surface area contributed by atoms with Crippen molar-refractivity contribution in [3.8, 4) is 5.75 Å². The van der Waals surface area contributed by atoms with Crippen LogP contribution in [0, 0.1) is 0 Å². The molecule has 0 aromatic heterocycles. The first-order valence-electron chi connectivity index (χ1n) is 9.92. The standard InChI is InChI=1S/C23H23Br2NO3/c1-3-10-29-23-14(11-13(24)12-15(23)25)20-21-16(6-4-8-18(21)27)26(2)17-7-5-9-19(28)22(17)20/h3,11-12,20H,1,4-10H2,2H3. The first kappa shape index (κ1) is 20.6. The summed E-state index contributed by atoms with van der Waals surface area (Å²) in [6, 6.07) is 3.91. The molecule has 0 unspecified atom stereocenters. The largest absolute Gasteiger partial charge is 0.488 e. The maximum atomic E-state index is 13.1. The van der Waals surface area contributed by atoms with Crippen LogP contribution in [0.2, 0.25) is 0 Å². The second-order valence-corrected chi connectivity index (χ2v) is 9.44. The van der Waals surface area contributed by atoms with Gasteiger partial charge in [-0.2, -0.15) is 0 Å². The van der Waals surface area contributed by atoms with Crippen molar-refractivity contribution in [2.24, 2.45) is 0 Å². The maximum Gasteiger partial charge on any atom is 0.161 e. The average Bonchev–Trinajstić information content (AvgIpc) is 2.68. The minimum atomic E-state index is -0.384. The smallest absolute Gasteiger partial charge is 0.161 e. The fraction of sp³-hybridized carbons (Fsp3) is 0.391. The second kappa shape index (κ2) is 8.23. The Balaban J connectivity index is 2.00. The van der Waals surface area contributed by atoms with E-state index in [-0.39, 0.29) is 17.5 Å². The Kier molecular flexibility index (Phi) is 5.85. The van der Waals surface area contributed by atoms with E-state index >= 15 is 0 Å². The number of ether oxygens (including phenoxy) is 1. The number of halogens is 2. The van der Waals surface area contributed by atoms with E-state index in [4.69, 9.17) is 4.74 Å². The van der Waals surface area contributed by atoms with Crippen LogP contribution in [-0.4, -0.2) is 30.1 Å². The summed E-state index contributed by atoms with van der Waals surface area (Å²) in [5.74, 6) is 0.557. The van der Waals surface area contributed by atoms with Gasteiger partial charge in [0.15, 0.2) is 11.6 Å². The molecular weight excluding hydrogens is 498 g/mol. The van der Waals surface area contributed by atoms with Gasteiger partial charge in [-0.15, -0.1) is 0 Å². The van der Waals surface area contributed by atoms with E-state index in [1.54, 1.807) is 6.08 Å². The summed E-state index contributed by atoms with van der Waals surface area (Å²) in [6.07, 6.45) is 6.17. The summed E-state index contributed by atoms with van der Waals surface area (Å²) in [5.41, 5.74) is 4.50. The van der Waals surface area contributed by atoms with Gasteiger partial charge in [-0.1, -0.05) is 28.6 Å². The maximum absolute atomic E-state index is 13.1. The van der Waals surface area contributed by atoms with E-state index in [1.807, 2.05) is 19.2 Å². The quantitative estimate of drug-likeness (QED) is 0.469. The average molecular weight is 521 g/mol. The van der Waals surface area contributed by atoms with Crippen LogP contribution in [-0.2, 0) is 9.59 Å². The van der Waals surface area contributed by atoms with Crippen molar-refractivity contribution < 1.29 is 14.3 Å². The Morgan fingerprint density at radius 3 is 2.21 bits per heavy atom. The molecule has 1 aromatic rings. The molecule has 0 spiro atoms. The topological polar surface area (TPSA) is 46.6 Å². The summed E-state index contributed by atoms with van der Waals surface area (Å²) >= 11 is 7.19. The van der Waals surface area contributed by atoms with E-state index in [2.05, 4.69) is 43.3 Å². The highest BCUT2D eigenvalue weighted by Gasteiger charge is 2.43. The van der Waals surface area contributed by atoms with E-state index in [9.17, 15) is 9.59 Å². The molecule has 1 aliphatic heterocycles. The number of nitrogens with zero attached hydrogens (tertiary/aromatic N) is 1. The normalized spacial score (nSPS) is 20.0. The minimum absolute atomic E-state index is 0.138. The zero-order valence-corrected chi connectivity index (χ0v) is 19.6. The van der Waals surface area contributed by atoms with Gasteiger partial charge in [0, 0.05) is 58.4 Å². The van der Waals surface area contributed by atoms with Gasteiger partial charge < -0.3 is 9.64 Å². The predicted octanol–water partition coefficient (Wildman–Crippen LogP) is 5.82. The molecule has 0 bridgehead atoms. The number of Topliss-reactive ketones (excluding diaryl/α,β-unsaturated/α-hetero) is 2. The van der Waals surface area contributed by atoms with Crippen molar-refractivity contribution in [2.75, 3.05) is 13.7 Å². The highest BCUT2D eigenvalue weighted by Crippen LogP contribution is 2.51. The highest BCUT2D eigenvalue weighted by molar-refractivity contribution is 9.11. The molecule has 2 aliphatic carbocycles. The fourth-order valence-electron chi connectivity index (χ4n) is 4.75. The van der Waals surface area contributed by atoms with Crippen LogP contribution in [0.1, 0.15) is 50.0 Å². The minimum Gasteiger partial charge on any atom is -0.488 e. The first-order chi connectivity index (χ1) is 13.9. The number of ketones is 2. The highest BCUT2D eigenvalue weighted by atomic mass is 79.9. The van der Waals surface area contributed by atoms with Gasteiger partial charge in [0.05, 0.1) is 4.47 Å². The van der Waals surface area contributed by atoms with Crippen molar-refractivity contribution in [3.63, 3.8) is 0 Å². The Hall–Kier alpha value is -1.66. The summed E-state index contributed by atoms with van der Waals surface area (Å²) in [4.78, 5) is 28.4. The van der Waals surface area contributed by atoms with Crippen LogP contribution in [0.25, 0.3) is 0 Å². The molecule has 3 aliphatic rings. The third-order valence-corrected chi connectivity index (χ3v) is 6.99. The number of carbonyl (C=O) groups excluding carboxylic acids is 2. The zero-order valence-electron chi connectivity index (χ0n) is 16.4. The molecule has 0 radical (unpaired) electrons. The second-order valence-electron chi connectivity index (χ2n) is 7.67. The fourth-order valence-corrected chi connectivity index (χ4v) is 6.13. The molecule has 1 aromatic carbocycles. The number of carbonyl (C=O) groups is 2. The number of rotatable bonds is 4. The van der Waals surface area contributed by atoms with Crippen molar-refractivity contribution in [3.05, 3.63) is 61.8 Å². The van der Waals surface area contributed by atoms with Gasteiger partial charge in [0.1, 0.15) is 12.4 Å². The molecule has 0 fully saturated rings. The Morgan fingerprint density at radius 2 is 1.66 bits per heavy atom. The van der Waals surface area contributed by atoms with Crippen molar-refractivity contribution >= 4 is 43.4 Å². The lowest BCUT2D eigenvalue weighted by atomic mass is 9.71. The number of benzene rings is 1. The summed E-state index contributed by atoms with van der Waals surface area (Å²) in [5, 5.41) is 0. The predicted molar refractivity (Wildman–Crippen MR) is 120 cm³/mol. The van der Waals surface area contributed by atoms with Gasteiger partial charge in [-0.3, -0.25) is 9.59 Å². The molecule has 1 heterocycles. The van der Waals surface area contributed by atoms with Gasteiger partial charge in [0.2, 0.25) is 0 Å². The van der Waals surface area contributed by atoms with Crippen molar-refractivity contribution in [1.82, 2.24) is 4.90 Å². The summed E-state index contributed by atoms with van der Waals surface area (Å²) in [7, 11) is 2.00. The van der Waals surface area contributed by atoms with Crippen LogP contribution >= 0.6 is 31.9 Å². The van der Waals surface area contributed by atoms with E-state index in [0.717, 1.165) is 62.7 Å². The lowest BCUT2D eigenvalue weighted by Gasteiger charge is -2.42. The van der Waals surface area contributed by atoms with E-state index in [1.165, 1.54) is 0 Å². The molecule has 0 saturated heterocycles. The lowest BCUT2D eigenvalue weighted by Crippen LogP contribution is -2.37. The molecule has 4 nitrogen and oxygen atoms in total. The molecule has 152 valence electrons. The molecular formula is C23H23Br2NO3. The van der Waals surface area contributed by atoms with Gasteiger partial charge in [0.25, 0.3) is 0 Å². The Bertz CT molecular complexity index is 933. The summed E-state index contributed by atoms with van der Waals surface area (Å²) in [6.45, 7) is 4.09. The van der Waals surface area contributed by atoms with Crippen LogP contribution in [0.4, 0.5) is 0 Å². The van der Waals surface area contributed by atoms with Gasteiger partial charge >= 0.3 is 0 Å². The lowest BCUT2D eigenvalue weighted by molar-refractivity contribution is -0.117. The molecule has 6 heteroatoms. The number of hydrogen-bond donors (Lipinski definition) is 0. The first-order valence-corrected chi connectivity index (χ1v) is 11.5. The Labute approximate surface area is 187 Å². The van der Waals surface area contributed by atoms with Crippen LogP contribution < -0.4 is 4.74 Å². The monoisotopic (exact) mass is 519 g/mol. The number of allylic oxidation sites excluding steroid dienone is 4. The van der Waals surface area contributed by atoms with Gasteiger partial charge in [-0.25, -0.2) is 0 Å². The van der Waals surface area contributed by atoms with E-state index in [0.29, 0.717) is 25.2 Å². The zero-order chi connectivity index (χ0) is 20.7. The van der Waals surface area contributed by atoms with Crippen LogP contribution in [0.15, 0.2) is 56.3 Å². The Morgan fingerprint density at radius 1 is 1.07 bits per heavy atom. The van der Waals surface area contributed by atoms with Crippen LogP contribution in [0.3, 0.4) is 0 Å². The molecule has 0 atom stereocenters. The molecule has 29 heavy (non-hydrogen) atoms. The molecule has 4 rings (SSSR count). The van der Waals surface area contributed by atoms with Crippen LogP contribution in [0.5, 0.6) is 5.75 Å². The summed E-state index contributed by atoms with van der Waals surface area (Å²) < 4.78 is 7.68. The molecule has 0 amide bonds. The van der Waals surface area contributed by atoms with Crippen molar-refractivity contribution in [1.29, 1.82) is 0 Å². The third kappa shape index (κ3) is 3.55. The van der Waals surface area contributed by atoms with Gasteiger partial charge in [-0.05, 0) is 53.7 Å². The SMILES string of the molecule is C=CCOc1c(Br)cc(Br)cc1C1C2=C(CCCC2=O)N(C)C2=C1C(=O)CCC2. The molecule has 0 N–H and O–H groups in total. The van der Waals surface area contributed by atoms with Crippen molar-refractivity contribution in [2.45, 2.75) is 44.4 Å². The van der Waals surface area contributed by atoms with E-state index < -0.39 is 0 Å².